The number of rotatable bonds is 6. The summed E-state index contributed by atoms with van der Waals surface area (Å²) in [6.45, 7) is 0. The Hall–Kier alpha value is -5.96. The van der Waals surface area contributed by atoms with Crippen molar-refractivity contribution < 1.29 is 0 Å². The summed E-state index contributed by atoms with van der Waals surface area (Å²) < 4.78 is 2.65. The van der Waals surface area contributed by atoms with E-state index in [-0.39, 0.29) is 0 Å². The van der Waals surface area contributed by atoms with Crippen molar-refractivity contribution in [1.29, 1.82) is 0 Å². The lowest BCUT2D eigenvalue weighted by molar-refractivity contribution is 1.28. The molecule has 0 saturated heterocycles. The highest BCUT2D eigenvalue weighted by molar-refractivity contribution is 7.26. The first-order valence-corrected chi connectivity index (χ1v) is 17.2. The number of nitrogens with zero attached hydrogens (tertiary/aromatic N) is 1. The number of para-hydroxylation sites is 1. The fourth-order valence-corrected chi connectivity index (χ4v) is 8.18. The van der Waals surface area contributed by atoms with Gasteiger partial charge in [0.15, 0.2) is 0 Å². The molecule has 0 spiro atoms. The molecule has 0 amide bonds. The molecule has 0 aliphatic rings. The van der Waals surface area contributed by atoms with E-state index in [9.17, 15) is 0 Å². The summed E-state index contributed by atoms with van der Waals surface area (Å²) in [4.78, 5) is 2.33. The van der Waals surface area contributed by atoms with Crippen LogP contribution >= 0.6 is 11.3 Å². The molecule has 0 atom stereocenters. The Labute approximate surface area is 284 Å². The smallest absolute Gasteiger partial charge is 0.0462 e. The van der Waals surface area contributed by atoms with Gasteiger partial charge in [0.1, 0.15) is 0 Å². The summed E-state index contributed by atoms with van der Waals surface area (Å²) in [5.41, 5.74) is 10.8. The fourth-order valence-electron chi connectivity index (χ4n) is 6.91. The minimum absolute atomic E-state index is 1.12. The number of benzene rings is 8. The summed E-state index contributed by atoms with van der Waals surface area (Å²) in [6.07, 6.45) is 0. The molecular weight excluding hydrogens is 599 g/mol. The van der Waals surface area contributed by atoms with E-state index in [1.54, 1.807) is 0 Å². The maximum Gasteiger partial charge on any atom is 0.0462 e. The second-order valence-electron chi connectivity index (χ2n) is 12.2. The molecule has 0 fully saturated rings. The zero-order valence-corrected chi connectivity index (χ0v) is 27.1. The second kappa shape index (κ2) is 12.0. The molecule has 1 aromatic heterocycles. The predicted octanol–water partition coefficient (Wildman–Crippen LogP) is 13.7. The van der Waals surface area contributed by atoms with Crippen molar-refractivity contribution in [3.05, 3.63) is 188 Å². The Morgan fingerprint density at radius 1 is 0.354 bits per heavy atom. The van der Waals surface area contributed by atoms with Crippen LogP contribution in [0, 0.1) is 0 Å². The molecule has 0 unspecified atom stereocenters. The minimum Gasteiger partial charge on any atom is -0.311 e. The van der Waals surface area contributed by atoms with Crippen LogP contribution in [0.2, 0.25) is 0 Å². The molecular formula is C46H31NS. The monoisotopic (exact) mass is 629 g/mol. The van der Waals surface area contributed by atoms with Crippen LogP contribution in [0.15, 0.2) is 188 Å². The van der Waals surface area contributed by atoms with Crippen molar-refractivity contribution >= 4 is 59.3 Å². The molecule has 0 aliphatic heterocycles. The third-order valence-corrected chi connectivity index (χ3v) is 10.5. The number of hydrogen-bond donors (Lipinski definition) is 0. The molecule has 1 nitrogen and oxygen atoms in total. The fraction of sp³-hybridized carbons (Fsp3) is 0. The highest BCUT2D eigenvalue weighted by Crippen LogP contribution is 2.46. The lowest BCUT2D eigenvalue weighted by Gasteiger charge is -2.26. The van der Waals surface area contributed by atoms with Gasteiger partial charge in [0, 0.05) is 42.8 Å². The van der Waals surface area contributed by atoms with Gasteiger partial charge in [-0.05, 0) is 87.1 Å². The van der Waals surface area contributed by atoms with Crippen LogP contribution in [0.4, 0.5) is 17.1 Å². The van der Waals surface area contributed by atoms with Crippen LogP contribution < -0.4 is 4.90 Å². The third kappa shape index (κ3) is 5.04. The van der Waals surface area contributed by atoms with Crippen LogP contribution in [-0.4, -0.2) is 0 Å². The maximum absolute atomic E-state index is 2.35. The van der Waals surface area contributed by atoms with E-state index in [0.717, 1.165) is 17.1 Å². The van der Waals surface area contributed by atoms with Gasteiger partial charge in [0.2, 0.25) is 0 Å². The average molecular weight is 630 g/mol. The summed E-state index contributed by atoms with van der Waals surface area (Å²) in [5.74, 6) is 0. The normalized spacial score (nSPS) is 11.3. The van der Waals surface area contributed by atoms with Gasteiger partial charge in [-0.2, -0.15) is 0 Å². The van der Waals surface area contributed by atoms with E-state index < -0.39 is 0 Å². The van der Waals surface area contributed by atoms with E-state index in [1.807, 2.05) is 11.3 Å². The van der Waals surface area contributed by atoms with Crippen LogP contribution in [0.25, 0.3) is 64.3 Å². The number of hydrogen-bond acceptors (Lipinski definition) is 2. The van der Waals surface area contributed by atoms with E-state index in [4.69, 9.17) is 0 Å². The summed E-state index contributed by atoms with van der Waals surface area (Å²) in [6, 6.07) is 68.0. The van der Waals surface area contributed by atoms with E-state index >= 15 is 0 Å². The largest absolute Gasteiger partial charge is 0.311 e. The molecule has 226 valence electrons. The molecule has 0 bridgehead atoms. The van der Waals surface area contributed by atoms with Gasteiger partial charge in [-0.1, -0.05) is 140 Å². The molecule has 0 aliphatic carbocycles. The first kappa shape index (κ1) is 28.3. The Morgan fingerprint density at radius 2 is 0.917 bits per heavy atom. The molecule has 1 heterocycles. The SMILES string of the molecule is c1ccc(-c2ccc(N(c3ccccc3)c3ccc(-c4ccc5c(sc6ccccc65)c4-c4ccc5ccccc5c4)cc3)cc2)cc1. The minimum atomic E-state index is 1.12. The van der Waals surface area contributed by atoms with Crippen LogP contribution in [-0.2, 0) is 0 Å². The van der Waals surface area contributed by atoms with Gasteiger partial charge >= 0.3 is 0 Å². The first-order valence-electron chi connectivity index (χ1n) is 16.3. The molecule has 8 aromatic carbocycles. The Bertz CT molecular complexity index is 2530. The second-order valence-corrected chi connectivity index (χ2v) is 13.2. The van der Waals surface area contributed by atoms with Gasteiger partial charge in [-0.3, -0.25) is 0 Å². The van der Waals surface area contributed by atoms with Gasteiger partial charge in [0.05, 0.1) is 0 Å². The molecule has 0 radical (unpaired) electrons. The quantitative estimate of drug-likeness (QED) is 0.177. The summed E-state index contributed by atoms with van der Waals surface area (Å²) in [7, 11) is 0. The average Bonchev–Trinajstić information content (AvgIpc) is 3.55. The number of anilines is 3. The predicted molar refractivity (Wildman–Crippen MR) is 208 cm³/mol. The third-order valence-electron chi connectivity index (χ3n) is 9.27. The van der Waals surface area contributed by atoms with Crippen molar-refractivity contribution in [3.63, 3.8) is 0 Å². The van der Waals surface area contributed by atoms with Gasteiger partial charge in [0.25, 0.3) is 0 Å². The van der Waals surface area contributed by atoms with Gasteiger partial charge in [-0.25, -0.2) is 0 Å². The Kier molecular flexibility index (Phi) is 7.07. The van der Waals surface area contributed by atoms with Gasteiger partial charge in [-0.15, -0.1) is 11.3 Å². The van der Waals surface area contributed by atoms with Crippen molar-refractivity contribution in [2.45, 2.75) is 0 Å². The maximum atomic E-state index is 2.35. The van der Waals surface area contributed by atoms with Crippen LogP contribution in [0.1, 0.15) is 0 Å². The number of fused-ring (bicyclic) bond motifs is 4. The van der Waals surface area contributed by atoms with Crippen molar-refractivity contribution in [1.82, 2.24) is 0 Å². The standard InChI is InChI=1S/C46H31NS/c1-3-11-32(12-4-1)34-21-25-39(26-22-34)47(38-15-5-2-6-16-38)40-27-23-35(24-28-40)41-29-30-43-42-17-9-10-18-44(42)48-46(43)45(41)37-20-19-33-13-7-8-14-36(33)31-37/h1-31H. The lowest BCUT2D eigenvalue weighted by Crippen LogP contribution is -2.09. The Morgan fingerprint density at radius 3 is 1.67 bits per heavy atom. The molecule has 9 aromatic rings. The van der Waals surface area contributed by atoms with Gasteiger partial charge < -0.3 is 4.90 Å². The van der Waals surface area contributed by atoms with E-state index in [1.165, 1.54) is 64.3 Å². The highest BCUT2D eigenvalue weighted by Gasteiger charge is 2.18. The zero-order chi connectivity index (χ0) is 31.9. The molecule has 2 heteroatoms. The van der Waals surface area contributed by atoms with Crippen LogP contribution in [0.3, 0.4) is 0 Å². The van der Waals surface area contributed by atoms with E-state index in [0.29, 0.717) is 0 Å². The first-order chi connectivity index (χ1) is 23.8. The zero-order valence-electron chi connectivity index (χ0n) is 26.3. The number of thiophene rings is 1. The summed E-state index contributed by atoms with van der Waals surface area (Å²) >= 11 is 1.89. The van der Waals surface area contributed by atoms with Crippen LogP contribution in [0.5, 0.6) is 0 Å². The lowest BCUT2D eigenvalue weighted by atomic mass is 9.91. The van der Waals surface area contributed by atoms with Crippen molar-refractivity contribution in [2.75, 3.05) is 4.90 Å². The Balaban J connectivity index is 1.17. The van der Waals surface area contributed by atoms with E-state index in [2.05, 4.69) is 193 Å². The molecule has 0 N–H and O–H groups in total. The highest BCUT2D eigenvalue weighted by atomic mass is 32.1. The van der Waals surface area contributed by atoms with Crippen molar-refractivity contribution in [3.8, 4) is 33.4 Å². The summed E-state index contributed by atoms with van der Waals surface area (Å²) in [5, 5.41) is 5.14. The molecule has 9 rings (SSSR count). The molecule has 48 heavy (non-hydrogen) atoms. The van der Waals surface area contributed by atoms with Crippen molar-refractivity contribution in [2.24, 2.45) is 0 Å². The topological polar surface area (TPSA) is 3.24 Å². The molecule has 0 saturated carbocycles.